The van der Waals surface area contributed by atoms with Gasteiger partial charge in [0.2, 0.25) is 5.91 Å². The zero-order valence-electron chi connectivity index (χ0n) is 10.1. The molecule has 1 heterocycles. The maximum absolute atomic E-state index is 11.8. The first-order valence-electron chi connectivity index (χ1n) is 5.01. The third-order valence-electron chi connectivity index (χ3n) is 2.48. The van der Waals surface area contributed by atoms with E-state index in [0.717, 1.165) is 4.57 Å². The Morgan fingerprint density at radius 2 is 2.06 bits per heavy atom. The van der Waals surface area contributed by atoms with Crippen LogP contribution >= 0.6 is 0 Å². The zero-order chi connectivity index (χ0) is 13.2. The van der Waals surface area contributed by atoms with E-state index in [1.807, 2.05) is 0 Å². The fourth-order valence-corrected chi connectivity index (χ4v) is 1.48. The molecule has 0 saturated heterocycles. The van der Waals surface area contributed by atoms with Crippen molar-refractivity contribution in [2.24, 2.45) is 14.1 Å². The van der Waals surface area contributed by atoms with Gasteiger partial charge in [-0.1, -0.05) is 6.58 Å². The molecule has 1 rings (SSSR count). The summed E-state index contributed by atoms with van der Waals surface area (Å²) in [5.74, 6) is -0.277. The molecule has 6 nitrogen and oxygen atoms in total. The smallest absolute Gasteiger partial charge is 0.330 e. The van der Waals surface area contributed by atoms with Crippen molar-refractivity contribution in [3.63, 3.8) is 0 Å². The van der Waals surface area contributed by atoms with E-state index in [2.05, 4.69) is 6.58 Å². The van der Waals surface area contributed by atoms with Crippen LogP contribution in [0.3, 0.4) is 0 Å². The van der Waals surface area contributed by atoms with Gasteiger partial charge in [-0.05, 0) is 6.08 Å². The van der Waals surface area contributed by atoms with Crippen LogP contribution in [0.1, 0.15) is 5.56 Å². The average molecular weight is 237 g/mol. The minimum absolute atomic E-state index is 0.144. The molecule has 92 valence electrons. The lowest BCUT2D eigenvalue weighted by Crippen LogP contribution is -2.40. The summed E-state index contributed by atoms with van der Waals surface area (Å²) in [7, 11) is 4.53. The van der Waals surface area contributed by atoms with Gasteiger partial charge in [0.1, 0.15) is 0 Å². The van der Waals surface area contributed by atoms with Crippen molar-refractivity contribution in [1.82, 2.24) is 14.0 Å². The van der Waals surface area contributed by atoms with Gasteiger partial charge in [-0.2, -0.15) is 0 Å². The van der Waals surface area contributed by atoms with Crippen LogP contribution in [-0.2, 0) is 25.4 Å². The molecule has 0 radical (unpaired) electrons. The van der Waals surface area contributed by atoms with Crippen LogP contribution in [0, 0.1) is 0 Å². The van der Waals surface area contributed by atoms with Gasteiger partial charge in [-0.15, -0.1) is 0 Å². The van der Waals surface area contributed by atoms with E-state index in [4.69, 9.17) is 0 Å². The molecule has 0 N–H and O–H groups in total. The highest BCUT2D eigenvalue weighted by atomic mass is 16.2. The first-order valence-corrected chi connectivity index (χ1v) is 5.01. The number of carbonyl (C=O) groups is 1. The number of aryl methyl sites for hydroxylation is 1. The number of amides is 1. The quantitative estimate of drug-likeness (QED) is 0.648. The van der Waals surface area contributed by atoms with Crippen LogP contribution in [-0.4, -0.2) is 27.0 Å². The number of carbonyl (C=O) groups excluding carboxylic acids is 1. The van der Waals surface area contributed by atoms with E-state index >= 15 is 0 Å². The summed E-state index contributed by atoms with van der Waals surface area (Å²) in [6.07, 6.45) is 2.62. The molecule has 6 heteroatoms. The lowest BCUT2D eigenvalue weighted by Gasteiger charge is -2.15. The SMILES string of the molecule is C=CC(=O)N(C)Cc1cn(C)c(=O)n(C)c1=O. The molecule has 17 heavy (non-hydrogen) atoms. The summed E-state index contributed by atoms with van der Waals surface area (Å²) in [5, 5.41) is 0. The van der Waals surface area contributed by atoms with Gasteiger partial charge in [-0.3, -0.25) is 14.2 Å². The topological polar surface area (TPSA) is 64.3 Å². The summed E-state index contributed by atoms with van der Waals surface area (Å²) in [4.78, 5) is 35.9. The third kappa shape index (κ3) is 2.52. The second kappa shape index (κ2) is 4.82. The van der Waals surface area contributed by atoms with Gasteiger partial charge >= 0.3 is 5.69 Å². The molecule has 0 fully saturated rings. The summed E-state index contributed by atoms with van der Waals surface area (Å²) in [6.45, 7) is 3.51. The zero-order valence-corrected chi connectivity index (χ0v) is 10.1. The monoisotopic (exact) mass is 237 g/mol. The highest BCUT2D eigenvalue weighted by Gasteiger charge is 2.11. The fourth-order valence-electron chi connectivity index (χ4n) is 1.48. The highest BCUT2D eigenvalue weighted by Crippen LogP contribution is 1.96. The lowest BCUT2D eigenvalue weighted by atomic mass is 10.3. The van der Waals surface area contributed by atoms with Gasteiger partial charge < -0.3 is 9.47 Å². The number of aromatic nitrogens is 2. The van der Waals surface area contributed by atoms with E-state index in [-0.39, 0.29) is 12.5 Å². The first kappa shape index (κ1) is 13.0. The summed E-state index contributed by atoms with van der Waals surface area (Å²) < 4.78 is 2.32. The maximum atomic E-state index is 11.8. The Hall–Kier alpha value is -2.11. The van der Waals surface area contributed by atoms with Crippen LogP contribution in [0.15, 0.2) is 28.4 Å². The van der Waals surface area contributed by atoms with Gasteiger partial charge in [0, 0.05) is 27.3 Å². The Morgan fingerprint density at radius 3 is 2.59 bits per heavy atom. The third-order valence-corrected chi connectivity index (χ3v) is 2.48. The molecule has 0 aliphatic rings. The molecule has 0 aliphatic heterocycles. The molecule has 0 aromatic carbocycles. The summed E-state index contributed by atoms with van der Waals surface area (Å²) in [5.41, 5.74) is -0.402. The van der Waals surface area contributed by atoms with Crippen molar-refractivity contribution in [3.05, 3.63) is 45.3 Å². The van der Waals surface area contributed by atoms with Gasteiger partial charge in [-0.25, -0.2) is 4.79 Å². The second-order valence-corrected chi connectivity index (χ2v) is 3.81. The van der Waals surface area contributed by atoms with Crippen LogP contribution in [0.4, 0.5) is 0 Å². The van der Waals surface area contributed by atoms with Crippen LogP contribution in [0.25, 0.3) is 0 Å². The van der Waals surface area contributed by atoms with E-state index in [9.17, 15) is 14.4 Å². The van der Waals surface area contributed by atoms with E-state index < -0.39 is 11.2 Å². The molecule has 1 aromatic rings. The molecule has 0 atom stereocenters. The Bertz CT molecular complexity index is 568. The van der Waals surface area contributed by atoms with E-state index in [1.165, 1.54) is 28.8 Å². The highest BCUT2D eigenvalue weighted by molar-refractivity contribution is 5.86. The van der Waals surface area contributed by atoms with Crippen molar-refractivity contribution in [2.75, 3.05) is 7.05 Å². The Labute approximate surface area is 98.4 Å². The predicted molar refractivity (Wildman–Crippen MR) is 63.6 cm³/mol. The van der Waals surface area contributed by atoms with Gasteiger partial charge in [0.25, 0.3) is 5.56 Å². The molecular formula is C11H15N3O3. The number of likely N-dealkylation sites (N-methyl/N-ethyl adjacent to an activating group) is 1. The molecule has 0 bridgehead atoms. The van der Waals surface area contributed by atoms with Crippen molar-refractivity contribution < 1.29 is 4.79 Å². The molecular weight excluding hydrogens is 222 g/mol. The molecule has 0 spiro atoms. The maximum Gasteiger partial charge on any atom is 0.330 e. The van der Waals surface area contributed by atoms with E-state index in [1.54, 1.807) is 14.1 Å². The van der Waals surface area contributed by atoms with Crippen molar-refractivity contribution >= 4 is 5.91 Å². The van der Waals surface area contributed by atoms with Crippen molar-refractivity contribution in [1.29, 1.82) is 0 Å². The van der Waals surface area contributed by atoms with Crippen LogP contribution in [0.5, 0.6) is 0 Å². The molecule has 1 aromatic heterocycles. The molecule has 1 amide bonds. The fraction of sp³-hybridized carbons (Fsp3) is 0.364. The van der Waals surface area contributed by atoms with E-state index in [0.29, 0.717) is 5.56 Å². The average Bonchev–Trinajstić information content (AvgIpc) is 2.32. The normalized spacial score (nSPS) is 10.1. The standard InChI is InChI=1S/C11H15N3O3/c1-5-9(15)12(2)6-8-7-13(3)11(17)14(4)10(8)16/h5,7H,1,6H2,2-4H3. The van der Waals surface area contributed by atoms with Gasteiger partial charge in [0.15, 0.2) is 0 Å². The minimum Gasteiger partial charge on any atom is -0.338 e. The Morgan fingerprint density at radius 1 is 1.47 bits per heavy atom. The van der Waals surface area contributed by atoms with Crippen LogP contribution < -0.4 is 11.2 Å². The second-order valence-electron chi connectivity index (χ2n) is 3.81. The Kier molecular flexibility index (Phi) is 3.67. The summed E-state index contributed by atoms with van der Waals surface area (Å²) >= 11 is 0. The van der Waals surface area contributed by atoms with Crippen molar-refractivity contribution in [2.45, 2.75) is 6.54 Å². The number of hydrogen-bond acceptors (Lipinski definition) is 3. The number of hydrogen-bond donors (Lipinski definition) is 0. The number of nitrogens with zero attached hydrogens (tertiary/aromatic N) is 3. The number of rotatable bonds is 3. The molecule has 0 unspecified atom stereocenters. The Balaban J connectivity index is 3.17. The first-order chi connectivity index (χ1) is 7.88. The molecule has 0 aliphatic carbocycles. The lowest BCUT2D eigenvalue weighted by molar-refractivity contribution is -0.125. The summed E-state index contributed by atoms with van der Waals surface area (Å²) in [6, 6.07) is 0. The predicted octanol–water partition coefficient (Wildman–Crippen LogP) is -0.772. The van der Waals surface area contributed by atoms with Crippen LogP contribution in [0.2, 0.25) is 0 Å². The minimum atomic E-state index is -0.392. The molecule has 0 saturated carbocycles. The van der Waals surface area contributed by atoms with Crippen molar-refractivity contribution in [3.8, 4) is 0 Å². The van der Waals surface area contributed by atoms with Gasteiger partial charge in [0.05, 0.1) is 12.1 Å². The largest absolute Gasteiger partial charge is 0.338 e.